The Morgan fingerprint density at radius 2 is 2.15 bits per heavy atom. The normalized spacial score (nSPS) is 21.1. The third-order valence-electron chi connectivity index (χ3n) is 3.29. The molecule has 106 valence electrons. The van der Waals surface area contributed by atoms with E-state index in [1.165, 1.54) is 0 Å². The van der Waals surface area contributed by atoms with E-state index >= 15 is 0 Å². The molecule has 0 radical (unpaired) electrons. The zero-order valence-electron chi connectivity index (χ0n) is 11.3. The van der Waals surface area contributed by atoms with Crippen LogP contribution in [0.4, 0.5) is 4.79 Å². The summed E-state index contributed by atoms with van der Waals surface area (Å²) in [7, 11) is 0. The molecule has 0 spiro atoms. The Bertz CT molecular complexity index is 526. The maximum atomic E-state index is 12.1. The standard InChI is InChI=1S/C15H17NO4/c1-3-19-14(18)16-15(9-10-20-13(15)17)11(2)12-7-5-4-6-8-12/h4-8H,2-3,9-10H2,1H3,(H,16,18). The number of benzene rings is 1. The minimum Gasteiger partial charge on any atom is -0.464 e. The zero-order chi connectivity index (χ0) is 14.6. The van der Waals surface area contributed by atoms with Crippen LogP contribution in [0.15, 0.2) is 36.9 Å². The van der Waals surface area contributed by atoms with Gasteiger partial charge < -0.3 is 14.8 Å². The fraction of sp³-hybridized carbons (Fsp3) is 0.333. The van der Waals surface area contributed by atoms with Crippen molar-refractivity contribution in [1.82, 2.24) is 5.32 Å². The molecule has 0 aliphatic carbocycles. The van der Waals surface area contributed by atoms with Gasteiger partial charge in [0.05, 0.1) is 13.2 Å². The predicted octanol–water partition coefficient (Wildman–Crippen LogP) is 2.13. The highest BCUT2D eigenvalue weighted by atomic mass is 16.6. The van der Waals surface area contributed by atoms with Crippen molar-refractivity contribution in [2.75, 3.05) is 13.2 Å². The number of nitrogens with one attached hydrogen (secondary N) is 1. The van der Waals surface area contributed by atoms with Gasteiger partial charge in [-0.3, -0.25) is 0 Å². The molecule has 0 bridgehead atoms. The van der Waals surface area contributed by atoms with Crippen LogP contribution in [0.2, 0.25) is 0 Å². The first-order chi connectivity index (χ1) is 9.60. The van der Waals surface area contributed by atoms with E-state index in [1.807, 2.05) is 30.3 Å². The molecule has 1 aromatic carbocycles. The summed E-state index contributed by atoms with van der Waals surface area (Å²) in [5.41, 5.74) is 0.0463. The second kappa shape index (κ2) is 5.77. The Morgan fingerprint density at radius 1 is 1.45 bits per heavy atom. The van der Waals surface area contributed by atoms with Crippen LogP contribution in [0.3, 0.4) is 0 Å². The number of hydrogen-bond donors (Lipinski definition) is 1. The summed E-state index contributed by atoms with van der Waals surface area (Å²) in [6.45, 7) is 6.15. The van der Waals surface area contributed by atoms with Gasteiger partial charge >= 0.3 is 12.1 Å². The average Bonchev–Trinajstić information content (AvgIpc) is 2.81. The Hall–Kier alpha value is -2.30. The zero-order valence-corrected chi connectivity index (χ0v) is 11.3. The van der Waals surface area contributed by atoms with Crippen LogP contribution in [-0.4, -0.2) is 30.8 Å². The quantitative estimate of drug-likeness (QED) is 0.855. The smallest absolute Gasteiger partial charge is 0.408 e. The minimum atomic E-state index is -1.24. The number of rotatable bonds is 4. The molecule has 5 nitrogen and oxygen atoms in total. The van der Waals surface area contributed by atoms with E-state index in [1.54, 1.807) is 6.92 Å². The number of carbonyl (C=O) groups excluding carboxylic acids is 2. The van der Waals surface area contributed by atoms with E-state index in [0.717, 1.165) is 5.56 Å². The molecular formula is C15H17NO4. The van der Waals surface area contributed by atoms with E-state index in [0.29, 0.717) is 12.0 Å². The van der Waals surface area contributed by atoms with Crippen molar-refractivity contribution < 1.29 is 19.1 Å². The van der Waals surface area contributed by atoms with Crippen LogP contribution in [-0.2, 0) is 14.3 Å². The number of alkyl carbamates (subject to hydrolysis) is 1. The molecule has 1 heterocycles. The Labute approximate surface area is 117 Å². The van der Waals surface area contributed by atoms with E-state index in [-0.39, 0.29) is 13.2 Å². The molecule has 1 aliphatic heterocycles. The van der Waals surface area contributed by atoms with Gasteiger partial charge in [-0.1, -0.05) is 36.9 Å². The summed E-state index contributed by atoms with van der Waals surface area (Å²) in [6.07, 6.45) is -0.304. The second-order valence-corrected chi connectivity index (χ2v) is 4.48. The first-order valence-corrected chi connectivity index (χ1v) is 6.47. The van der Waals surface area contributed by atoms with Crippen LogP contribution in [0.5, 0.6) is 0 Å². The fourth-order valence-electron chi connectivity index (χ4n) is 2.21. The van der Waals surface area contributed by atoms with Gasteiger partial charge in [-0.25, -0.2) is 9.59 Å². The van der Waals surface area contributed by atoms with Gasteiger partial charge in [0, 0.05) is 6.42 Å². The summed E-state index contributed by atoms with van der Waals surface area (Å²) in [5, 5.41) is 2.61. The molecule has 1 amide bonds. The molecule has 1 N–H and O–H groups in total. The summed E-state index contributed by atoms with van der Waals surface area (Å²) >= 11 is 0. The molecule has 5 heteroatoms. The molecule has 2 rings (SSSR count). The van der Waals surface area contributed by atoms with Gasteiger partial charge in [-0.2, -0.15) is 0 Å². The van der Waals surface area contributed by atoms with Crippen LogP contribution >= 0.6 is 0 Å². The molecule has 1 saturated heterocycles. The lowest BCUT2D eigenvalue weighted by molar-refractivity contribution is -0.141. The molecule has 0 saturated carbocycles. The van der Waals surface area contributed by atoms with Crippen LogP contribution in [0, 0.1) is 0 Å². The Kier molecular flexibility index (Phi) is 4.08. The number of hydrogen-bond acceptors (Lipinski definition) is 4. The van der Waals surface area contributed by atoms with Gasteiger partial charge in [0.25, 0.3) is 0 Å². The molecular weight excluding hydrogens is 258 g/mol. The second-order valence-electron chi connectivity index (χ2n) is 4.48. The van der Waals surface area contributed by atoms with Gasteiger partial charge in [0.1, 0.15) is 0 Å². The topological polar surface area (TPSA) is 64.6 Å². The van der Waals surface area contributed by atoms with Gasteiger partial charge in [-0.05, 0) is 18.1 Å². The summed E-state index contributed by atoms with van der Waals surface area (Å²) in [6, 6.07) is 9.23. The van der Waals surface area contributed by atoms with E-state index in [9.17, 15) is 9.59 Å². The third kappa shape index (κ3) is 2.52. The van der Waals surface area contributed by atoms with Crippen LogP contribution < -0.4 is 5.32 Å². The minimum absolute atomic E-state index is 0.231. The van der Waals surface area contributed by atoms with Gasteiger partial charge in [-0.15, -0.1) is 0 Å². The number of esters is 1. The van der Waals surface area contributed by atoms with Crippen molar-refractivity contribution in [1.29, 1.82) is 0 Å². The Morgan fingerprint density at radius 3 is 2.70 bits per heavy atom. The molecule has 1 unspecified atom stereocenters. The first-order valence-electron chi connectivity index (χ1n) is 6.47. The number of cyclic esters (lactones) is 1. The molecule has 20 heavy (non-hydrogen) atoms. The Balaban J connectivity index is 2.31. The van der Waals surface area contributed by atoms with Gasteiger partial charge in [0.2, 0.25) is 0 Å². The highest BCUT2D eigenvalue weighted by Crippen LogP contribution is 2.34. The highest BCUT2D eigenvalue weighted by Gasteiger charge is 2.49. The summed E-state index contributed by atoms with van der Waals surface area (Å²) in [5.74, 6) is -0.501. The highest BCUT2D eigenvalue weighted by molar-refractivity contribution is 6.01. The molecule has 1 atom stereocenters. The first kappa shape index (κ1) is 14.1. The van der Waals surface area contributed by atoms with E-state index < -0.39 is 17.6 Å². The molecule has 1 aromatic rings. The van der Waals surface area contributed by atoms with Crippen molar-refractivity contribution in [3.05, 3.63) is 42.5 Å². The fourth-order valence-corrected chi connectivity index (χ4v) is 2.21. The molecule has 1 aliphatic rings. The lowest BCUT2D eigenvalue weighted by atomic mass is 9.85. The van der Waals surface area contributed by atoms with Crippen molar-refractivity contribution in [3.63, 3.8) is 0 Å². The lowest BCUT2D eigenvalue weighted by Gasteiger charge is -2.28. The lowest BCUT2D eigenvalue weighted by Crippen LogP contribution is -2.52. The largest absolute Gasteiger partial charge is 0.464 e. The third-order valence-corrected chi connectivity index (χ3v) is 3.29. The van der Waals surface area contributed by atoms with Crippen LogP contribution in [0.1, 0.15) is 18.9 Å². The van der Waals surface area contributed by atoms with Crippen molar-refractivity contribution in [3.8, 4) is 0 Å². The molecule has 0 aromatic heterocycles. The van der Waals surface area contributed by atoms with Crippen LogP contribution in [0.25, 0.3) is 5.57 Å². The van der Waals surface area contributed by atoms with E-state index in [4.69, 9.17) is 9.47 Å². The average molecular weight is 275 g/mol. The summed E-state index contributed by atoms with van der Waals surface area (Å²) in [4.78, 5) is 23.8. The van der Waals surface area contributed by atoms with Gasteiger partial charge in [0.15, 0.2) is 5.54 Å². The van der Waals surface area contributed by atoms with Crippen molar-refractivity contribution >= 4 is 17.6 Å². The van der Waals surface area contributed by atoms with Crippen molar-refractivity contribution in [2.45, 2.75) is 18.9 Å². The monoisotopic (exact) mass is 275 g/mol. The number of amides is 1. The summed E-state index contributed by atoms with van der Waals surface area (Å²) < 4.78 is 9.88. The predicted molar refractivity (Wildman–Crippen MR) is 73.9 cm³/mol. The molecule has 1 fully saturated rings. The van der Waals surface area contributed by atoms with E-state index in [2.05, 4.69) is 11.9 Å². The number of carbonyl (C=O) groups is 2. The number of ether oxygens (including phenoxy) is 2. The van der Waals surface area contributed by atoms with Crippen molar-refractivity contribution in [2.24, 2.45) is 0 Å². The SMILES string of the molecule is C=C(c1ccccc1)C1(NC(=O)OCC)CCOC1=O. The maximum Gasteiger partial charge on any atom is 0.408 e. The maximum absolute atomic E-state index is 12.1.